The van der Waals surface area contributed by atoms with E-state index in [4.69, 9.17) is 0 Å². The van der Waals surface area contributed by atoms with Gasteiger partial charge >= 0.3 is 0 Å². The molecule has 0 heterocycles. The molecule has 0 aromatic heterocycles. The average Bonchev–Trinajstić information content (AvgIpc) is 2.72. The van der Waals surface area contributed by atoms with Gasteiger partial charge in [0.1, 0.15) is 5.41 Å². The van der Waals surface area contributed by atoms with Crippen molar-refractivity contribution < 1.29 is 4.79 Å². The van der Waals surface area contributed by atoms with Crippen molar-refractivity contribution in [2.75, 3.05) is 0 Å². The highest BCUT2D eigenvalue weighted by Gasteiger charge is 2.39. The van der Waals surface area contributed by atoms with Crippen LogP contribution >= 0.6 is 0 Å². The van der Waals surface area contributed by atoms with E-state index in [2.05, 4.69) is 11.4 Å². The van der Waals surface area contributed by atoms with E-state index in [1.807, 2.05) is 0 Å². The number of nitrogens with zero attached hydrogens (tertiary/aromatic N) is 1. The number of rotatable bonds is 2. The minimum absolute atomic E-state index is 0.00815. The second-order valence-electron chi connectivity index (χ2n) is 5.56. The highest BCUT2D eigenvalue weighted by atomic mass is 16.2. The van der Waals surface area contributed by atoms with E-state index < -0.39 is 5.41 Å². The molecule has 0 radical (unpaired) electrons. The number of carbonyl (C=O) groups excluding carboxylic acids is 1. The van der Waals surface area contributed by atoms with Crippen LogP contribution in [0, 0.1) is 16.7 Å². The maximum absolute atomic E-state index is 12.3. The molecular formula is C14H22N2O. The van der Waals surface area contributed by atoms with Crippen molar-refractivity contribution in [3.63, 3.8) is 0 Å². The van der Waals surface area contributed by atoms with Crippen LogP contribution in [-0.2, 0) is 4.79 Å². The lowest BCUT2D eigenvalue weighted by Gasteiger charge is -2.25. The molecule has 2 rings (SSSR count). The number of amides is 1. The molecule has 17 heavy (non-hydrogen) atoms. The molecule has 2 saturated carbocycles. The van der Waals surface area contributed by atoms with Gasteiger partial charge in [0.2, 0.25) is 5.91 Å². The van der Waals surface area contributed by atoms with Gasteiger partial charge in [-0.05, 0) is 25.7 Å². The minimum Gasteiger partial charge on any atom is -0.352 e. The number of nitrogens with one attached hydrogen (secondary N) is 1. The van der Waals surface area contributed by atoms with Crippen LogP contribution < -0.4 is 5.32 Å². The third-order valence-electron chi connectivity index (χ3n) is 4.30. The van der Waals surface area contributed by atoms with Gasteiger partial charge < -0.3 is 5.32 Å². The number of hydrogen-bond acceptors (Lipinski definition) is 2. The fraction of sp³-hybridized carbons (Fsp3) is 0.857. The predicted molar refractivity (Wildman–Crippen MR) is 66.1 cm³/mol. The second-order valence-corrected chi connectivity index (χ2v) is 5.56. The van der Waals surface area contributed by atoms with Crippen molar-refractivity contribution in [1.82, 2.24) is 5.32 Å². The van der Waals surface area contributed by atoms with Crippen LogP contribution in [0.25, 0.3) is 0 Å². The van der Waals surface area contributed by atoms with Gasteiger partial charge in [0.25, 0.3) is 0 Å². The Balaban J connectivity index is 2.00. The van der Waals surface area contributed by atoms with Gasteiger partial charge in [-0.3, -0.25) is 4.79 Å². The average molecular weight is 234 g/mol. The smallest absolute Gasteiger partial charge is 0.240 e. The van der Waals surface area contributed by atoms with Crippen molar-refractivity contribution >= 4 is 5.91 Å². The van der Waals surface area contributed by atoms with Gasteiger partial charge in [-0.1, -0.05) is 38.5 Å². The highest BCUT2D eigenvalue weighted by Crippen LogP contribution is 2.35. The van der Waals surface area contributed by atoms with E-state index in [1.54, 1.807) is 0 Å². The van der Waals surface area contributed by atoms with Gasteiger partial charge in [0.15, 0.2) is 0 Å². The van der Waals surface area contributed by atoms with Gasteiger partial charge in [-0.15, -0.1) is 0 Å². The second kappa shape index (κ2) is 5.53. The van der Waals surface area contributed by atoms with Crippen LogP contribution in [0.2, 0.25) is 0 Å². The predicted octanol–water partition coefficient (Wildman–Crippen LogP) is 2.91. The molecule has 0 bridgehead atoms. The standard InChI is InChI=1S/C14H22N2O/c15-11-14(9-5-1-2-6-10-14)13(17)16-12-7-3-4-8-12/h12H,1-10H2,(H,16,17). The molecule has 94 valence electrons. The normalized spacial score (nSPS) is 24.9. The van der Waals surface area contributed by atoms with Crippen LogP contribution in [0.3, 0.4) is 0 Å². The summed E-state index contributed by atoms with van der Waals surface area (Å²) in [5, 5.41) is 12.5. The summed E-state index contributed by atoms with van der Waals surface area (Å²) in [4.78, 5) is 12.3. The van der Waals surface area contributed by atoms with Crippen molar-refractivity contribution in [1.29, 1.82) is 5.26 Å². The SMILES string of the molecule is N#CC1(C(=O)NC2CCCC2)CCCCCC1. The zero-order chi connectivity index (χ0) is 12.1. The number of carbonyl (C=O) groups is 1. The maximum atomic E-state index is 12.3. The van der Waals surface area contributed by atoms with E-state index in [-0.39, 0.29) is 5.91 Å². The lowest BCUT2D eigenvalue weighted by molar-refractivity contribution is -0.129. The van der Waals surface area contributed by atoms with E-state index >= 15 is 0 Å². The third kappa shape index (κ3) is 2.80. The molecule has 0 unspecified atom stereocenters. The molecule has 2 fully saturated rings. The van der Waals surface area contributed by atoms with Crippen LogP contribution in [0.1, 0.15) is 64.2 Å². The lowest BCUT2D eigenvalue weighted by Crippen LogP contribution is -2.44. The van der Waals surface area contributed by atoms with Crippen LogP contribution in [0.15, 0.2) is 0 Å². The number of hydrogen-bond donors (Lipinski definition) is 1. The fourth-order valence-electron chi connectivity index (χ4n) is 3.12. The van der Waals surface area contributed by atoms with Crippen LogP contribution in [-0.4, -0.2) is 11.9 Å². The molecule has 3 nitrogen and oxygen atoms in total. The molecule has 0 aliphatic heterocycles. The first-order valence-corrected chi connectivity index (χ1v) is 6.99. The molecule has 0 spiro atoms. The fourth-order valence-corrected chi connectivity index (χ4v) is 3.12. The molecule has 3 heteroatoms. The van der Waals surface area contributed by atoms with Gasteiger partial charge in [0, 0.05) is 6.04 Å². The maximum Gasteiger partial charge on any atom is 0.240 e. The molecule has 1 N–H and O–H groups in total. The summed E-state index contributed by atoms with van der Waals surface area (Å²) >= 11 is 0. The minimum atomic E-state index is -0.723. The molecule has 1 amide bonds. The van der Waals surface area contributed by atoms with E-state index in [1.165, 1.54) is 25.7 Å². The first kappa shape index (κ1) is 12.4. The third-order valence-corrected chi connectivity index (χ3v) is 4.30. The summed E-state index contributed by atoms with van der Waals surface area (Å²) in [5.74, 6) is 0.00815. The summed E-state index contributed by atoms with van der Waals surface area (Å²) in [6.45, 7) is 0. The lowest BCUT2D eigenvalue weighted by atomic mass is 9.80. The van der Waals surface area contributed by atoms with Crippen molar-refractivity contribution in [2.45, 2.75) is 70.3 Å². The first-order valence-electron chi connectivity index (χ1n) is 6.99. The van der Waals surface area contributed by atoms with Gasteiger partial charge in [-0.2, -0.15) is 5.26 Å². The van der Waals surface area contributed by atoms with Crippen molar-refractivity contribution in [3.8, 4) is 6.07 Å². The Kier molecular flexibility index (Phi) is 4.04. The Hall–Kier alpha value is -1.04. The van der Waals surface area contributed by atoms with Crippen molar-refractivity contribution in [2.24, 2.45) is 5.41 Å². The quantitative estimate of drug-likeness (QED) is 0.747. The zero-order valence-corrected chi connectivity index (χ0v) is 10.5. The van der Waals surface area contributed by atoms with E-state index in [9.17, 15) is 10.1 Å². The summed E-state index contributed by atoms with van der Waals surface area (Å²) in [6, 6.07) is 2.65. The Morgan fingerprint density at radius 3 is 2.18 bits per heavy atom. The van der Waals surface area contributed by atoms with Crippen molar-refractivity contribution in [3.05, 3.63) is 0 Å². The molecule has 2 aliphatic rings. The summed E-state index contributed by atoms with van der Waals surface area (Å²) in [7, 11) is 0. The highest BCUT2D eigenvalue weighted by molar-refractivity contribution is 5.85. The van der Waals surface area contributed by atoms with Gasteiger partial charge in [0.05, 0.1) is 6.07 Å². The summed E-state index contributed by atoms with van der Waals surface area (Å²) < 4.78 is 0. The summed E-state index contributed by atoms with van der Waals surface area (Å²) in [6.07, 6.45) is 10.5. The Labute approximate surface area is 104 Å². The molecule has 0 atom stereocenters. The van der Waals surface area contributed by atoms with E-state index in [0.717, 1.165) is 38.5 Å². The topological polar surface area (TPSA) is 52.9 Å². The Morgan fingerprint density at radius 2 is 1.65 bits per heavy atom. The Morgan fingerprint density at radius 1 is 1.06 bits per heavy atom. The monoisotopic (exact) mass is 234 g/mol. The molecule has 0 aromatic rings. The van der Waals surface area contributed by atoms with Crippen LogP contribution in [0.5, 0.6) is 0 Å². The molecule has 2 aliphatic carbocycles. The zero-order valence-electron chi connectivity index (χ0n) is 10.5. The first-order chi connectivity index (χ1) is 8.27. The molecule has 0 aromatic carbocycles. The number of nitriles is 1. The largest absolute Gasteiger partial charge is 0.352 e. The van der Waals surface area contributed by atoms with Gasteiger partial charge in [-0.25, -0.2) is 0 Å². The molecule has 0 saturated heterocycles. The molecular weight excluding hydrogens is 212 g/mol. The van der Waals surface area contributed by atoms with E-state index in [0.29, 0.717) is 6.04 Å². The summed E-state index contributed by atoms with van der Waals surface area (Å²) in [5.41, 5.74) is -0.723. The Bertz CT molecular complexity index is 305. The van der Waals surface area contributed by atoms with Crippen LogP contribution in [0.4, 0.5) is 0 Å².